The van der Waals surface area contributed by atoms with Gasteiger partial charge in [0.25, 0.3) is 0 Å². The van der Waals surface area contributed by atoms with Crippen LogP contribution in [0.1, 0.15) is 23.9 Å². The quantitative estimate of drug-likeness (QED) is 0.821. The molecule has 1 N–H and O–H groups in total. The van der Waals surface area contributed by atoms with Gasteiger partial charge < -0.3 is 10.1 Å². The maximum atomic E-state index is 5.86. The van der Waals surface area contributed by atoms with Crippen LogP contribution in [0, 0.1) is 6.92 Å². The van der Waals surface area contributed by atoms with Crippen molar-refractivity contribution in [2.24, 2.45) is 0 Å². The molecule has 0 aromatic carbocycles. The lowest BCUT2D eigenvalue weighted by molar-refractivity contribution is 0.0633. The molecule has 0 saturated carbocycles. The summed E-state index contributed by atoms with van der Waals surface area (Å²) in [7, 11) is 0. The first-order valence-corrected chi connectivity index (χ1v) is 6.48. The number of thiazole rings is 1. The van der Waals surface area contributed by atoms with E-state index in [9.17, 15) is 0 Å². The second kappa shape index (κ2) is 4.16. The molecule has 1 saturated heterocycles. The maximum absolute atomic E-state index is 5.86. The fourth-order valence-electron chi connectivity index (χ4n) is 2.11. The van der Waals surface area contributed by atoms with Crippen LogP contribution in [-0.2, 0) is 4.74 Å². The molecule has 2 aromatic rings. The molecular formula is C11H15N3OS. The van der Waals surface area contributed by atoms with Crippen LogP contribution in [0.25, 0.3) is 4.96 Å². The van der Waals surface area contributed by atoms with Gasteiger partial charge in [0.2, 0.25) is 0 Å². The first kappa shape index (κ1) is 10.3. The van der Waals surface area contributed by atoms with Gasteiger partial charge in [-0.3, -0.25) is 4.40 Å². The Bertz CT molecular complexity index is 482. The summed E-state index contributed by atoms with van der Waals surface area (Å²) in [5, 5.41) is 5.53. The monoisotopic (exact) mass is 237 g/mol. The van der Waals surface area contributed by atoms with E-state index in [1.54, 1.807) is 11.3 Å². The first-order valence-electron chi connectivity index (χ1n) is 5.60. The SMILES string of the molecule is Cc1csc2ncc(C3CNCCCO3)n12. The Hall–Kier alpha value is -0.910. The van der Waals surface area contributed by atoms with Crippen LogP contribution in [0.5, 0.6) is 0 Å². The molecule has 2 aromatic heterocycles. The molecule has 0 amide bonds. The van der Waals surface area contributed by atoms with E-state index >= 15 is 0 Å². The van der Waals surface area contributed by atoms with Gasteiger partial charge in [-0.25, -0.2) is 4.98 Å². The minimum atomic E-state index is 0.130. The highest BCUT2D eigenvalue weighted by Gasteiger charge is 2.19. The van der Waals surface area contributed by atoms with Gasteiger partial charge in [-0.2, -0.15) is 0 Å². The highest BCUT2D eigenvalue weighted by molar-refractivity contribution is 7.15. The summed E-state index contributed by atoms with van der Waals surface area (Å²) in [6.07, 6.45) is 3.16. The van der Waals surface area contributed by atoms with Crippen molar-refractivity contribution in [2.75, 3.05) is 19.7 Å². The molecule has 1 fully saturated rings. The average molecular weight is 237 g/mol. The third-order valence-electron chi connectivity index (χ3n) is 2.92. The fourth-order valence-corrected chi connectivity index (χ4v) is 2.96. The van der Waals surface area contributed by atoms with E-state index in [2.05, 4.69) is 27.0 Å². The van der Waals surface area contributed by atoms with Crippen LogP contribution >= 0.6 is 11.3 Å². The smallest absolute Gasteiger partial charge is 0.194 e. The molecule has 4 nitrogen and oxygen atoms in total. The number of rotatable bonds is 1. The zero-order chi connectivity index (χ0) is 11.0. The predicted molar refractivity (Wildman–Crippen MR) is 64.0 cm³/mol. The topological polar surface area (TPSA) is 38.6 Å². The number of nitrogens with one attached hydrogen (secondary N) is 1. The summed E-state index contributed by atoms with van der Waals surface area (Å²) in [6, 6.07) is 0. The number of aromatic nitrogens is 2. The molecular weight excluding hydrogens is 222 g/mol. The lowest BCUT2D eigenvalue weighted by Crippen LogP contribution is -2.21. The Morgan fingerprint density at radius 1 is 1.62 bits per heavy atom. The van der Waals surface area contributed by atoms with Gasteiger partial charge in [0.1, 0.15) is 6.10 Å². The summed E-state index contributed by atoms with van der Waals surface area (Å²) < 4.78 is 8.06. The van der Waals surface area contributed by atoms with Crippen LogP contribution in [0.15, 0.2) is 11.6 Å². The molecule has 0 bridgehead atoms. The highest BCUT2D eigenvalue weighted by atomic mass is 32.1. The number of hydrogen-bond donors (Lipinski definition) is 1. The third-order valence-corrected chi connectivity index (χ3v) is 3.88. The van der Waals surface area contributed by atoms with Crippen LogP contribution in [-0.4, -0.2) is 29.1 Å². The Morgan fingerprint density at radius 3 is 3.50 bits per heavy atom. The van der Waals surface area contributed by atoms with Crippen LogP contribution < -0.4 is 5.32 Å². The lowest BCUT2D eigenvalue weighted by Gasteiger charge is -2.14. The molecule has 3 rings (SSSR count). The van der Waals surface area contributed by atoms with Crippen molar-refractivity contribution in [3.63, 3.8) is 0 Å². The number of nitrogens with zero attached hydrogens (tertiary/aromatic N) is 2. The summed E-state index contributed by atoms with van der Waals surface area (Å²) in [5.41, 5.74) is 2.41. The van der Waals surface area contributed by atoms with Crippen molar-refractivity contribution in [1.29, 1.82) is 0 Å². The van der Waals surface area contributed by atoms with Crippen LogP contribution in [0.2, 0.25) is 0 Å². The average Bonchev–Trinajstić information content (AvgIpc) is 2.74. The van der Waals surface area contributed by atoms with E-state index in [1.165, 1.54) is 11.4 Å². The van der Waals surface area contributed by atoms with Gasteiger partial charge in [0.05, 0.1) is 11.9 Å². The Kier molecular flexibility index (Phi) is 2.67. The van der Waals surface area contributed by atoms with E-state index < -0.39 is 0 Å². The summed E-state index contributed by atoms with van der Waals surface area (Å²) in [5.74, 6) is 0. The second-order valence-electron chi connectivity index (χ2n) is 4.10. The zero-order valence-electron chi connectivity index (χ0n) is 9.27. The first-order chi connectivity index (χ1) is 7.86. The van der Waals surface area contributed by atoms with E-state index in [0.717, 1.165) is 31.1 Å². The Labute approximate surface area is 98.3 Å². The molecule has 1 aliphatic heterocycles. The standard InChI is InChI=1S/C11H15N3OS/c1-8-7-16-11-13-5-9(14(8)11)10-6-12-3-2-4-15-10/h5,7,10,12H,2-4,6H2,1H3. The highest BCUT2D eigenvalue weighted by Crippen LogP contribution is 2.24. The fraction of sp³-hybridized carbons (Fsp3) is 0.545. The molecule has 1 aliphatic rings. The molecule has 5 heteroatoms. The maximum Gasteiger partial charge on any atom is 0.194 e. The van der Waals surface area contributed by atoms with Crippen molar-refractivity contribution in [2.45, 2.75) is 19.4 Å². The zero-order valence-corrected chi connectivity index (χ0v) is 10.1. The normalized spacial score (nSPS) is 22.4. The summed E-state index contributed by atoms with van der Waals surface area (Å²) in [4.78, 5) is 5.47. The third kappa shape index (κ3) is 1.65. The minimum absolute atomic E-state index is 0.130. The summed E-state index contributed by atoms with van der Waals surface area (Å²) in [6.45, 7) is 4.86. The van der Waals surface area contributed by atoms with Gasteiger partial charge in [-0.15, -0.1) is 11.3 Å². The Morgan fingerprint density at radius 2 is 2.56 bits per heavy atom. The van der Waals surface area contributed by atoms with Crippen molar-refractivity contribution < 1.29 is 4.74 Å². The van der Waals surface area contributed by atoms with Gasteiger partial charge >= 0.3 is 0 Å². The molecule has 3 heterocycles. The van der Waals surface area contributed by atoms with Gasteiger partial charge in [0, 0.05) is 24.2 Å². The van der Waals surface area contributed by atoms with Crippen molar-refractivity contribution >= 4 is 16.3 Å². The number of ether oxygens (including phenoxy) is 1. The van der Waals surface area contributed by atoms with Crippen molar-refractivity contribution in [1.82, 2.24) is 14.7 Å². The van der Waals surface area contributed by atoms with Crippen LogP contribution in [0.3, 0.4) is 0 Å². The lowest BCUT2D eigenvalue weighted by atomic mass is 10.2. The minimum Gasteiger partial charge on any atom is -0.371 e. The molecule has 0 aliphatic carbocycles. The largest absolute Gasteiger partial charge is 0.371 e. The second-order valence-corrected chi connectivity index (χ2v) is 4.93. The number of imidazole rings is 1. The van der Waals surface area contributed by atoms with Crippen molar-refractivity contribution in [3.05, 3.63) is 23.0 Å². The predicted octanol–water partition coefficient (Wildman–Crippen LogP) is 1.76. The van der Waals surface area contributed by atoms with Crippen LogP contribution in [0.4, 0.5) is 0 Å². The van der Waals surface area contributed by atoms with Gasteiger partial charge in [0.15, 0.2) is 4.96 Å². The van der Waals surface area contributed by atoms with E-state index in [4.69, 9.17) is 4.74 Å². The van der Waals surface area contributed by atoms with E-state index in [1.807, 2.05) is 6.20 Å². The summed E-state index contributed by atoms with van der Waals surface area (Å²) >= 11 is 1.68. The van der Waals surface area contributed by atoms with E-state index in [0.29, 0.717) is 0 Å². The van der Waals surface area contributed by atoms with Gasteiger partial charge in [-0.1, -0.05) is 0 Å². The molecule has 86 valence electrons. The molecule has 0 radical (unpaired) electrons. The molecule has 1 unspecified atom stereocenters. The Balaban J connectivity index is 2.00. The van der Waals surface area contributed by atoms with Crippen molar-refractivity contribution in [3.8, 4) is 0 Å². The molecule has 16 heavy (non-hydrogen) atoms. The van der Waals surface area contributed by atoms with Gasteiger partial charge in [-0.05, 0) is 19.9 Å². The molecule has 1 atom stereocenters. The molecule has 0 spiro atoms. The van der Waals surface area contributed by atoms with E-state index in [-0.39, 0.29) is 6.10 Å². The number of hydrogen-bond acceptors (Lipinski definition) is 4. The number of fused-ring (bicyclic) bond motifs is 1. The number of aryl methyl sites for hydroxylation is 1.